The smallest absolute Gasteiger partial charge is 0.224 e. The van der Waals surface area contributed by atoms with E-state index in [-0.39, 0.29) is 23.7 Å². The predicted molar refractivity (Wildman–Crippen MR) is 73.4 cm³/mol. The van der Waals surface area contributed by atoms with E-state index in [1.54, 1.807) is 6.07 Å². The highest BCUT2D eigenvalue weighted by atomic mass is 19.1. The molecular weight excluding hydrogens is 243 g/mol. The van der Waals surface area contributed by atoms with Crippen LogP contribution in [0.4, 0.5) is 4.39 Å². The number of hydrogen-bond donors (Lipinski definition) is 2. The molecule has 2 rings (SSSR count). The zero-order valence-electron chi connectivity index (χ0n) is 11.5. The minimum Gasteiger partial charge on any atom is -0.355 e. The van der Waals surface area contributed by atoms with Gasteiger partial charge in [-0.1, -0.05) is 6.07 Å². The van der Waals surface area contributed by atoms with Gasteiger partial charge in [0.25, 0.3) is 0 Å². The lowest BCUT2D eigenvalue weighted by atomic mass is 10.0. The Hall–Kier alpha value is -1.42. The summed E-state index contributed by atoms with van der Waals surface area (Å²) in [6, 6.07) is 5.04. The van der Waals surface area contributed by atoms with E-state index >= 15 is 0 Å². The average molecular weight is 264 g/mol. The third-order valence-electron chi connectivity index (χ3n) is 3.86. The monoisotopic (exact) mass is 264 g/mol. The molecule has 0 aliphatic carbocycles. The minimum absolute atomic E-state index is 0.0781. The highest BCUT2D eigenvalue weighted by Crippen LogP contribution is 2.15. The predicted octanol–water partition coefficient (Wildman–Crippen LogP) is 1.79. The number of halogens is 1. The average Bonchev–Trinajstić information content (AvgIpc) is 2.78. The first-order valence-corrected chi connectivity index (χ1v) is 6.84. The number of carbonyl (C=O) groups excluding carboxylic acids is 1. The maximum atomic E-state index is 13.0. The molecule has 0 aromatic heterocycles. The number of amides is 1. The summed E-state index contributed by atoms with van der Waals surface area (Å²) >= 11 is 0. The number of carbonyl (C=O) groups is 1. The molecule has 2 unspecified atom stereocenters. The van der Waals surface area contributed by atoms with Gasteiger partial charge in [0.1, 0.15) is 5.82 Å². The second kappa shape index (κ2) is 6.15. The van der Waals surface area contributed by atoms with Crippen LogP contribution >= 0.6 is 0 Å². The Bertz CT molecular complexity index is 461. The third kappa shape index (κ3) is 3.53. The minimum atomic E-state index is -0.212. The molecule has 1 aromatic rings. The molecular formula is C15H21FN2O. The molecule has 0 spiro atoms. The Morgan fingerprint density at radius 1 is 1.53 bits per heavy atom. The fourth-order valence-electron chi connectivity index (χ4n) is 2.61. The Labute approximate surface area is 113 Å². The van der Waals surface area contributed by atoms with Gasteiger partial charge >= 0.3 is 0 Å². The number of nitrogens with one attached hydrogen (secondary N) is 2. The molecule has 2 atom stereocenters. The van der Waals surface area contributed by atoms with Crippen molar-refractivity contribution in [2.75, 3.05) is 13.1 Å². The second-order valence-electron chi connectivity index (χ2n) is 5.25. The van der Waals surface area contributed by atoms with Crippen molar-refractivity contribution in [2.45, 2.75) is 32.7 Å². The summed E-state index contributed by atoms with van der Waals surface area (Å²) in [6.45, 7) is 5.45. The fraction of sp³-hybridized carbons (Fsp3) is 0.533. The van der Waals surface area contributed by atoms with Crippen LogP contribution in [0.2, 0.25) is 0 Å². The normalized spacial score (nSPS) is 22.5. The maximum absolute atomic E-state index is 13.0. The van der Waals surface area contributed by atoms with Crippen molar-refractivity contribution in [3.8, 4) is 0 Å². The van der Waals surface area contributed by atoms with Gasteiger partial charge in [0.15, 0.2) is 0 Å². The van der Waals surface area contributed by atoms with E-state index in [1.807, 2.05) is 13.8 Å². The van der Waals surface area contributed by atoms with Crippen molar-refractivity contribution in [3.05, 3.63) is 35.1 Å². The zero-order valence-corrected chi connectivity index (χ0v) is 11.5. The van der Waals surface area contributed by atoms with Gasteiger partial charge in [0.05, 0.1) is 5.92 Å². The molecule has 19 heavy (non-hydrogen) atoms. The van der Waals surface area contributed by atoms with Gasteiger partial charge in [0.2, 0.25) is 5.91 Å². The van der Waals surface area contributed by atoms with Gasteiger partial charge in [-0.15, -0.1) is 0 Å². The fourth-order valence-corrected chi connectivity index (χ4v) is 2.61. The Balaban J connectivity index is 1.81. The van der Waals surface area contributed by atoms with Crippen molar-refractivity contribution in [3.63, 3.8) is 0 Å². The Kier molecular flexibility index (Phi) is 4.53. The topological polar surface area (TPSA) is 41.1 Å². The number of rotatable bonds is 4. The second-order valence-corrected chi connectivity index (χ2v) is 5.25. The van der Waals surface area contributed by atoms with Crippen LogP contribution in [-0.2, 0) is 11.2 Å². The van der Waals surface area contributed by atoms with Gasteiger partial charge < -0.3 is 10.6 Å². The first kappa shape index (κ1) is 14.0. The van der Waals surface area contributed by atoms with E-state index in [0.29, 0.717) is 6.54 Å². The summed E-state index contributed by atoms with van der Waals surface area (Å²) in [6.07, 6.45) is 1.65. The highest BCUT2D eigenvalue weighted by molar-refractivity contribution is 5.79. The van der Waals surface area contributed by atoms with E-state index < -0.39 is 0 Å². The molecule has 0 bridgehead atoms. The first-order valence-electron chi connectivity index (χ1n) is 6.84. The first-order chi connectivity index (χ1) is 9.08. The maximum Gasteiger partial charge on any atom is 0.224 e. The quantitative estimate of drug-likeness (QED) is 0.870. The van der Waals surface area contributed by atoms with Gasteiger partial charge in [0, 0.05) is 12.6 Å². The Morgan fingerprint density at radius 3 is 2.95 bits per heavy atom. The van der Waals surface area contributed by atoms with Gasteiger partial charge in [-0.3, -0.25) is 4.79 Å². The molecule has 1 aliphatic rings. The van der Waals surface area contributed by atoms with E-state index in [0.717, 1.165) is 30.5 Å². The standard InChI is InChI=1S/C15H21FN2O/c1-10-9-13(16)4-3-12(10)5-7-18-15(19)14-6-8-17-11(14)2/h3-4,9,11,14,17H,5-8H2,1-2H3,(H,18,19). The summed E-state index contributed by atoms with van der Waals surface area (Å²) in [5.41, 5.74) is 2.02. The van der Waals surface area contributed by atoms with Gasteiger partial charge in [-0.2, -0.15) is 0 Å². The van der Waals surface area contributed by atoms with Crippen LogP contribution in [0.3, 0.4) is 0 Å². The largest absolute Gasteiger partial charge is 0.355 e. The molecule has 1 amide bonds. The highest BCUT2D eigenvalue weighted by Gasteiger charge is 2.28. The van der Waals surface area contributed by atoms with Crippen LogP contribution in [0.15, 0.2) is 18.2 Å². The van der Waals surface area contributed by atoms with E-state index in [4.69, 9.17) is 0 Å². The molecule has 0 radical (unpaired) electrons. The van der Waals surface area contributed by atoms with Crippen LogP contribution in [0, 0.1) is 18.7 Å². The molecule has 1 heterocycles. The van der Waals surface area contributed by atoms with Crippen LogP contribution in [-0.4, -0.2) is 25.0 Å². The van der Waals surface area contributed by atoms with Crippen LogP contribution < -0.4 is 10.6 Å². The third-order valence-corrected chi connectivity index (χ3v) is 3.86. The van der Waals surface area contributed by atoms with E-state index in [2.05, 4.69) is 10.6 Å². The molecule has 1 saturated heterocycles. The summed E-state index contributed by atoms with van der Waals surface area (Å²) in [5, 5.41) is 6.24. The summed E-state index contributed by atoms with van der Waals surface area (Å²) in [7, 11) is 0. The molecule has 1 fully saturated rings. The van der Waals surface area contributed by atoms with Crippen molar-refractivity contribution in [2.24, 2.45) is 5.92 Å². The summed E-state index contributed by atoms with van der Waals surface area (Å²) in [4.78, 5) is 12.0. The van der Waals surface area contributed by atoms with E-state index in [9.17, 15) is 9.18 Å². The number of benzene rings is 1. The lowest BCUT2D eigenvalue weighted by Crippen LogP contribution is -2.37. The SMILES string of the molecule is Cc1cc(F)ccc1CCNC(=O)C1CCNC1C. The molecule has 1 aromatic carbocycles. The summed E-state index contributed by atoms with van der Waals surface area (Å²) in [5.74, 6) is -0.0114. The number of hydrogen-bond acceptors (Lipinski definition) is 2. The van der Waals surface area contributed by atoms with Crippen LogP contribution in [0.25, 0.3) is 0 Å². The molecule has 0 saturated carbocycles. The lowest BCUT2D eigenvalue weighted by Gasteiger charge is -2.15. The van der Waals surface area contributed by atoms with Crippen LogP contribution in [0.1, 0.15) is 24.5 Å². The molecule has 1 aliphatic heterocycles. The van der Waals surface area contributed by atoms with Crippen molar-refractivity contribution < 1.29 is 9.18 Å². The molecule has 4 heteroatoms. The molecule has 2 N–H and O–H groups in total. The molecule has 104 valence electrons. The zero-order chi connectivity index (χ0) is 13.8. The van der Waals surface area contributed by atoms with Gasteiger partial charge in [-0.25, -0.2) is 4.39 Å². The van der Waals surface area contributed by atoms with Crippen molar-refractivity contribution in [1.82, 2.24) is 10.6 Å². The lowest BCUT2D eigenvalue weighted by molar-refractivity contribution is -0.125. The van der Waals surface area contributed by atoms with E-state index in [1.165, 1.54) is 12.1 Å². The van der Waals surface area contributed by atoms with Crippen molar-refractivity contribution >= 4 is 5.91 Å². The Morgan fingerprint density at radius 2 is 2.32 bits per heavy atom. The number of aryl methyl sites for hydroxylation is 1. The van der Waals surface area contributed by atoms with Crippen LogP contribution in [0.5, 0.6) is 0 Å². The summed E-state index contributed by atoms with van der Waals surface area (Å²) < 4.78 is 13.0. The molecule has 3 nitrogen and oxygen atoms in total. The van der Waals surface area contributed by atoms with Crippen molar-refractivity contribution in [1.29, 1.82) is 0 Å². The van der Waals surface area contributed by atoms with Gasteiger partial charge in [-0.05, 0) is 56.5 Å².